The topological polar surface area (TPSA) is 110 Å². The molecule has 0 radical (unpaired) electrons. The minimum atomic E-state index is -0.438. The molecule has 6 bridgehead atoms. The normalized spacial score (nSPS) is 29.6. The van der Waals surface area contributed by atoms with Gasteiger partial charge in [-0.2, -0.15) is 0 Å². The molecule has 0 saturated carbocycles. The molecule has 6 heterocycles. The maximum atomic E-state index is 12.5. The van der Waals surface area contributed by atoms with Crippen molar-refractivity contribution in [3.8, 4) is 0 Å². The number of aryl methyl sites for hydroxylation is 2. The van der Waals surface area contributed by atoms with E-state index in [0.717, 1.165) is 57.2 Å². The molecule has 2 N–H and O–H groups in total. The van der Waals surface area contributed by atoms with E-state index in [1.807, 2.05) is 51.3 Å². The van der Waals surface area contributed by atoms with E-state index in [9.17, 15) is 14.7 Å². The van der Waals surface area contributed by atoms with Gasteiger partial charge in [-0.25, -0.2) is 9.59 Å². The molecular formula is C47H72ClN3O7. The van der Waals surface area contributed by atoms with Gasteiger partial charge in [0.05, 0.1) is 31.5 Å². The molecule has 6 aliphatic rings. The molecule has 0 aliphatic carbocycles. The van der Waals surface area contributed by atoms with Gasteiger partial charge in [0.25, 0.3) is 0 Å². The third kappa shape index (κ3) is 12.8. The van der Waals surface area contributed by atoms with E-state index in [1.165, 1.54) is 47.9 Å². The van der Waals surface area contributed by atoms with Gasteiger partial charge in [-0.15, -0.1) is 12.4 Å². The van der Waals surface area contributed by atoms with E-state index in [1.54, 1.807) is 0 Å². The summed E-state index contributed by atoms with van der Waals surface area (Å²) in [6.07, 6.45) is 12.5. The lowest BCUT2D eigenvalue weighted by atomic mass is 10.00. The summed E-state index contributed by atoms with van der Waals surface area (Å²) in [7, 11) is 0. The molecule has 8 rings (SSSR count). The molecule has 0 aromatic heterocycles. The maximum absolute atomic E-state index is 12.5. The largest absolute Gasteiger partial charge is 0.444 e. The summed E-state index contributed by atoms with van der Waals surface area (Å²) in [5.74, 6) is 0. The van der Waals surface area contributed by atoms with Gasteiger partial charge in [-0.1, -0.05) is 48.5 Å². The van der Waals surface area contributed by atoms with E-state index in [4.69, 9.17) is 18.9 Å². The number of carbonyl (C=O) groups excluding carboxylic acids is 2. The molecule has 324 valence electrons. The van der Waals surface area contributed by atoms with Crippen LogP contribution in [0.3, 0.4) is 0 Å². The molecule has 6 unspecified atom stereocenters. The summed E-state index contributed by atoms with van der Waals surface area (Å²) in [6.45, 7) is 17.1. The number of rotatable bonds is 6. The third-order valence-electron chi connectivity index (χ3n) is 12.5. The van der Waals surface area contributed by atoms with Gasteiger partial charge in [0.1, 0.15) is 11.2 Å². The molecule has 0 spiro atoms. The Hall–Kier alpha value is -2.89. The lowest BCUT2D eigenvalue weighted by Crippen LogP contribution is -2.50. The number of hydrogen-bond acceptors (Lipinski definition) is 8. The first kappa shape index (κ1) is 46.2. The zero-order valence-electron chi connectivity index (χ0n) is 36.4. The van der Waals surface area contributed by atoms with Crippen LogP contribution in [-0.2, 0) is 32.2 Å². The third-order valence-corrected chi connectivity index (χ3v) is 12.5. The fourth-order valence-corrected chi connectivity index (χ4v) is 9.74. The highest BCUT2D eigenvalue weighted by Crippen LogP contribution is 2.39. The molecule has 6 atom stereocenters. The summed E-state index contributed by atoms with van der Waals surface area (Å²) in [5, 5.41) is 13.3. The first-order valence-corrected chi connectivity index (χ1v) is 21.8. The zero-order valence-corrected chi connectivity index (χ0v) is 37.2. The first-order valence-electron chi connectivity index (χ1n) is 21.8. The number of nitrogens with zero attached hydrogens (tertiary/aromatic N) is 2. The van der Waals surface area contributed by atoms with Gasteiger partial charge in [0.2, 0.25) is 0 Å². The Bertz CT molecular complexity index is 1600. The Labute approximate surface area is 354 Å². The molecule has 2 aromatic rings. The average molecular weight is 827 g/mol. The van der Waals surface area contributed by atoms with Crippen LogP contribution in [-0.4, -0.2) is 92.9 Å². The van der Waals surface area contributed by atoms with Crippen molar-refractivity contribution in [2.45, 2.75) is 211 Å². The van der Waals surface area contributed by atoms with Gasteiger partial charge < -0.3 is 39.2 Å². The Kier molecular flexibility index (Phi) is 16.0. The number of aliphatic hydroxyl groups is 1. The fraction of sp³-hybridized carbons (Fsp3) is 0.702. The number of piperidine rings is 3. The van der Waals surface area contributed by atoms with E-state index < -0.39 is 11.2 Å². The van der Waals surface area contributed by atoms with E-state index >= 15 is 0 Å². The molecule has 6 aliphatic heterocycles. The number of aliphatic hydroxyl groups excluding tert-OH is 1. The van der Waals surface area contributed by atoms with Gasteiger partial charge in [0, 0.05) is 36.3 Å². The Morgan fingerprint density at radius 1 is 0.603 bits per heavy atom. The second-order valence-electron chi connectivity index (χ2n) is 19.5. The Morgan fingerprint density at radius 2 is 0.966 bits per heavy atom. The lowest BCUT2D eigenvalue weighted by molar-refractivity contribution is -0.0398. The van der Waals surface area contributed by atoms with Gasteiger partial charge in [-0.05, 0) is 155 Å². The highest BCUT2D eigenvalue weighted by Gasteiger charge is 2.46. The highest BCUT2D eigenvalue weighted by atomic mass is 35.5. The van der Waals surface area contributed by atoms with Crippen LogP contribution in [0.1, 0.15) is 141 Å². The summed E-state index contributed by atoms with van der Waals surface area (Å²) in [4.78, 5) is 28.3. The number of fused-ring (bicyclic) bond motifs is 6. The van der Waals surface area contributed by atoms with Crippen molar-refractivity contribution in [2.75, 3.05) is 0 Å². The van der Waals surface area contributed by atoms with Crippen LogP contribution >= 0.6 is 12.4 Å². The highest BCUT2D eigenvalue weighted by molar-refractivity contribution is 5.85. The summed E-state index contributed by atoms with van der Waals surface area (Å²) in [6, 6.07) is 19.2. The molecule has 2 amide bonds. The molecule has 11 heteroatoms. The number of ether oxygens (including phenoxy) is 4. The number of nitrogens with one attached hydrogen (secondary N) is 1. The van der Waals surface area contributed by atoms with Crippen LogP contribution in [0.25, 0.3) is 0 Å². The second kappa shape index (κ2) is 20.1. The minimum absolute atomic E-state index is 0. The minimum Gasteiger partial charge on any atom is -0.444 e. The standard InChI is InChI=1S/C20H29NO3.C15H21NO.C12H21NO3.ClH/c1-14-7-5-6-8-15(14)13-23-18-11-16-9-10-17(12-18)21(16)19(22)24-20(2,3)4;1-11-4-2-3-5-12(11)10-17-15-8-13-6-7-14(9-15)16-13;1-12(2,3)16-11(15)13-8-4-5-9(13)7-10(14)6-8;/h5-8,16-18H,9-13H2,1-4H3;2-5,13-16H,6-10H2,1H3;8-10,14H,4-7H2,1-3H3;1H. The van der Waals surface area contributed by atoms with Crippen molar-refractivity contribution in [2.24, 2.45) is 0 Å². The van der Waals surface area contributed by atoms with E-state index in [0.29, 0.717) is 25.6 Å². The summed E-state index contributed by atoms with van der Waals surface area (Å²) in [5.41, 5.74) is 4.32. The van der Waals surface area contributed by atoms with Crippen LogP contribution in [0.15, 0.2) is 48.5 Å². The Balaban J connectivity index is 0.000000169. The van der Waals surface area contributed by atoms with Crippen molar-refractivity contribution in [3.63, 3.8) is 0 Å². The zero-order chi connectivity index (χ0) is 40.9. The number of hydrogen-bond donors (Lipinski definition) is 2. The Morgan fingerprint density at radius 3 is 1.34 bits per heavy atom. The summed E-state index contributed by atoms with van der Waals surface area (Å²) < 4.78 is 23.3. The number of benzene rings is 2. The van der Waals surface area contributed by atoms with Crippen LogP contribution < -0.4 is 5.32 Å². The van der Waals surface area contributed by atoms with Crippen molar-refractivity contribution < 1.29 is 33.6 Å². The smallest absolute Gasteiger partial charge is 0.410 e. The van der Waals surface area contributed by atoms with Crippen molar-refractivity contribution in [1.82, 2.24) is 15.1 Å². The predicted octanol–water partition coefficient (Wildman–Crippen LogP) is 9.57. The van der Waals surface area contributed by atoms with Crippen LogP contribution in [0.5, 0.6) is 0 Å². The quantitative estimate of drug-likeness (QED) is 0.297. The molecule has 6 fully saturated rings. The molecular weight excluding hydrogens is 754 g/mol. The molecule has 58 heavy (non-hydrogen) atoms. The monoisotopic (exact) mass is 826 g/mol. The van der Waals surface area contributed by atoms with E-state index in [-0.39, 0.29) is 61.0 Å². The van der Waals surface area contributed by atoms with Gasteiger partial charge in [0.15, 0.2) is 0 Å². The predicted molar refractivity (Wildman–Crippen MR) is 230 cm³/mol. The molecule has 6 saturated heterocycles. The number of halogens is 1. The van der Waals surface area contributed by atoms with Crippen molar-refractivity contribution >= 4 is 24.6 Å². The second-order valence-corrected chi connectivity index (χ2v) is 19.5. The van der Waals surface area contributed by atoms with Gasteiger partial charge >= 0.3 is 12.2 Å². The summed E-state index contributed by atoms with van der Waals surface area (Å²) >= 11 is 0. The molecule has 2 aromatic carbocycles. The first-order chi connectivity index (χ1) is 27.0. The number of amides is 2. The lowest BCUT2D eigenvalue weighted by Gasteiger charge is -2.39. The SMILES string of the molecule is CC(C)(C)OC(=O)N1C2CCC1CC(O)C2.Cc1ccccc1COC1CC2CCC(C1)N2.Cc1ccccc1COC1CC2CCC(C1)N2C(=O)OC(C)(C)C.Cl. The van der Waals surface area contributed by atoms with Gasteiger partial charge in [-0.3, -0.25) is 0 Å². The van der Waals surface area contributed by atoms with Crippen LogP contribution in [0.4, 0.5) is 9.59 Å². The molecule has 10 nitrogen and oxygen atoms in total. The maximum Gasteiger partial charge on any atom is 0.410 e. The van der Waals surface area contributed by atoms with Crippen LogP contribution in [0.2, 0.25) is 0 Å². The van der Waals surface area contributed by atoms with Crippen LogP contribution in [0, 0.1) is 13.8 Å². The van der Waals surface area contributed by atoms with E-state index in [2.05, 4.69) is 67.7 Å². The average Bonchev–Trinajstić information content (AvgIpc) is 3.72. The van der Waals surface area contributed by atoms with Crippen molar-refractivity contribution in [1.29, 1.82) is 0 Å². The van der Waals surface area contributed by atoms with Crippen molar-refractivity contribution in [3.05, 3.63) is 70.8 Å². The fourth-order valence-electron chi connectivity index (χ4n) is 9.74. The number of carbonyl (C=O) groups is 2.